The molecular weight excluding hydrogens is 254 g/mol. The van der Waals surface area contributed by atoms with Gasteiger partial charge in [-0.3, -0.25) is 0 Å². The van der Waals surface area contributed by atoms with Crippen LogP contribution in [0.25, 0.3) is 0 Å². The van der Waals surface area contributed by atoms with E-state index in [0.717, 1.165) is 23.4 Å². The normalized spacial score (nSPS) is 26.0. The molecular formula is C11H16BrN3. The summed E-state index contributed by atoms with van der Waals surface area (Å²) in [5.41, 5.74) is 7.23. The molecule has 0 saturated carbocycles. The number of hydrogen-bond donors (Lipinski definition) is 1. The monoisotopic (exact) mass is 269 g/mol. The van der Waals surface area contributed by atoms with Gasteiger partial charge in [0.2, 0.25) is 0 Å². The molecule has 0 aliphatic carbocycles. The van der Waals surface area contributed by atoms with Crippen molar-refractivity contribution in [1.29, 1.82) is 0 Å². The lowest BCUT2D eigenvalue weighted by Gasteiger charge is -2.19. The first-order valence-corrected chi connectivity index (χ1v) is 6.00. The van der Waals surface area contributed by atoms with Crippen molar-refractivity contribution in [3.63, 3.8) is 0 Å². The van der Waals surface area contributed by atoms with Gasteiger partial charge in [0, 0.05) is 25.3 Å². The van der Waals surface area contributed by atoms with Crippen LogP contribution in [0.15, 0.2) is 16.7 Å². The third-order valence-corrected chi connectivity index (χ3v) is 4.01. The molecule has 82 valence electrons. The summed E-state index contributed by atoms with van der Waals surface area (Å²) in [4.78, 5) is 6.67. The third-order valence-electron chi connectivity index (χ3n) is 3.03. The number of halogens is 1. The molecule has 0 amide bonds. The minimum atomic E-state index is 0.263. The lowest BCUT2D eigenvalue weighted by atomic mass is 10.1. The van der Waals surface area contributed by atoms with E-state index >= 15 is 0 Å². The molecule has 2 rings (SSSR count). The number of nitrogens with zero attached hydrogens (tertiary/aromatic N) is 2. The molecule has 2 unspecified atom stereocenters. The van der Waals surface area contributed by atoms with E-state index in [1.807, 2.05) is 12.3 Å². The maximum absolute atomic E-state index is 6.01. The van der Waals surface area contributed by atoms with E-state index in [-0.39, 0.29) is 6.04 Å². The second-order valence-corrected chi connectivity index (χ2v) is 5.10. The average molecular weight is 270 g/mol. The van der Waals surface area contributed by atoms with E-state index < -0.39 is 0 Å². The van der Waals surface area contributed by atoms with Crippen LogP contribution < -0.4 is 10.6 Å². The van der Waals surface area contributed by atoms with Gasteiger partial charge in [-0.15, -0.1) is 0 Å². The molecule has 1 aromatic rings. The summed E-state index contributed by atoms with van der Waals surface area (Å²) < 4.78 is 1.09. The van der Waals surface area contributed by atoms with Crippen molar-refractivity contribution in [3.05, 3.63) is 22.3 Å². The van der Waals surface area contributed by atoms with Crippen LogP contribution in [0.4, 0.5) is 5.82 Å². The first-order chi connectivity index (χ1) is 7.09. The zero-order valence-corrected chi connectivity index (χ0v) is 10.7. The summed E-state index contributed by atoms with van der Waals surface area (Å²) in [7, 11) is 0. The first-order valence-electron chi connectivity index (χ1n) is 5.21. The van der Waals surface area contributed by atoms with Gasteiger partial charge in [0.25, 0.3) is 0 Å². The van der Waals surface area contributed by atoms with Gasteiger partial charge in [-0.05, 0) is 40.4 Å². The van der Waals surface area contributed by atoms with Crippen LogP contribution in [0.1, 0.15) is 12.5 Å². The largest absolute Gasteiger partial charge is 0.354 e. The van der Waals surface area contributed by atoms with Crippen molar-refractivity contribution in [2.45, 2.75) is 19.9 Å². The molecule has 4 heteroatoms. The summed E-state index contributed by atoms with van der Waals surface area (Å²) >= 11 is 3.59. The highest BCUT2D eigenvalue weighted by Gasteiger charge is 2.28. The van der Waals surface area contributed by atoms with E-state index in [0.29, 0.717) is 5.92 Å². The summed E-state index contributed by atoms with van der Waals surface area (Å²) in [5, 5.41) is 0. The highest BCUT2D eigenvalue weighted by molar-refractivity contribution is 9.10. The fourth-order valence-corrected chi connectivity index (χ4v) is 2.40. The SMILES string of the molecule is Cc1ccnc(N2CC(C)C(N)C2)c1Br. The third kappa shape index (κ3) is 2.01. The number of aromatic nitrogens is 1. The summed E-state index contributed by atoms with van der Waals surface area (Å²) in [6.07, 6.45) is 1.85. The zero-order valence-electron chi connectivity index (χ0n) is 9.07. The lowest BCUT2D eigenvalue weighted by molar-refractivity contribution is 0.566. The molecule has 1 aliphatic heterocycles. The van der Waals surface area contributed by atoms with Crippen molar-refractivity contribution in [2.75, 3.05) is 18.0 Å². The second-order valence-electron chi connectivity index (χ2n) is 4.31. The van der Waals surface area contributed by atoms with Crippen LogP contribution in [0.2, 0.25) is 0 Å². The van der Waals surface area contributed by atoms with Crippen molar-refractivity contribution in [2.24, 2.45) is 11.7 Å². The van der Waals surface area contributed by atoms with Gasteiger partial charge in [0.1, 0.15) is 5.82 Å². The van der Waals surface area contributed by atoms with Crippen LogP contribution in [-0.4, -0.2) is 24.1 Å². The molecule has 2 atom stereocenters. The molecule has 3 nitrogen and oxygen atoms in total. The smallest absolute Gasteiger partial charge is 0.143 e. The quantitative estimate of drug-likeness (QED) is 0.848. The Kier molecular flexibility index (Phi) is 2.98. The molecule has 1 saturated heterocycles. The predicted octanol–water partition coefficient (Wildman–Crippen LogP) is 1.94. The van der Waals surface area contributed by atoms with Crippen LogP contribution >= 0.6 is 15.9 Å². The summed E-state index contributed by atoms with van der Waals surface area (Å²) in [6.45, 7) is 6.16. The Morgan fingerprint density at radius 1 is 1.53 bits per heavy atom. The first kappa shape index (κ1) is 10.9. The van der Waals surface area contributed by atoms with Crippen LogP contribution in [-0.2, 0) is 0 Å². The van der Waals surface area contributed by atoms with E-state index in [4.69, 9.17) is 5.73 Å². The average Bonchev–Trinajstić information content (AvgIpc) is 2.51. The number of anilines is 1. The predicted molar refractivity (Wildman–Crippen MR) is 66.0 cm³/mol. The van der Waals surface area contributed by atoms with Crippen LogP contribution in [0.3, 0.4) is 0 Å². The number of pyridine rings is 1. The molecule has 0 radical (unpaired) electrons. The van der Waals surface area contributed by atoms with E-state index in [1.54, 1.807) is 0 Å². The standard InChI is InChI=1S/C11H16BrN3/c1-7-3-4-14-11(10(7)12)15-5-8(2)9(13)6-15/h3-4,8-9H,5-6,13H2,1-2H3. The van der Waals surface area contributed by atoms with Gasteiger partial charge in [-0.1, -0.05) is 6.92 Å². The number of hydrogen-bond acceptors (Lipinski definition) is 3. The Hall–Kier alpha value is -0.610. The molecule has 1 aromatic heterocycles. The number of nitrogens with two attached hydrogens (primary N) is 1. The molecule has 1 fully saturated rings. The Balaban J connectivity index is 2.27. The Morgan fingerprint density at radius 3 is 2.87 bits per heavy atom. The Bertz CT molecular complexity index is 357. The number of aryl methyl sites for hydroxylation is 1. The minimum Gasteiger partial charge on any atom is -0.354 e. The van der Waals surface area contributed by atoms with Gasteiger partial charge in [0.05, 0.1) is 4.47 Å². The van der Waals surface area contributed by atoms with Crippen molar-refractivity contribution in [3.8, 4) is 0 Å². The highest BCUT2D eigenvalue weighted by atomic mass is 79.9. The molecule has 2 N–H and O–H groups in total. The van der Waals surface area contributed by atoms with Gasteiger partial charge < -0.3 is 10.6 Å². The Morgan fingerprint density at radius 2 is 2.27 bits per heavy atom. The maximum atomic E-state index is 6.01. The van der Waals surface area contributed by atoms with Crippen molar-refractivity contribution >= 4 is 21.7 Å². The molecule has 15 heavy (non-hydrogen) atoms. The molecule has 0 spiro atoms. The van der Waals surface area contributed by atoms with Gasteiger partial charge in [-0.2, -0.15) is 0 Å². The van der Waals surface area contributed by atoms with E-state index in [2.05, 4.69) is 39.7 Å². The minimum absolute atomic E-state index is 0.263. The van der Waals surface area contributed by atoms with Crippen LogP contribution in [0, 0.1) is 12.8 Å². The van der Waals surface area contributed by atoms with Crippen molar-refractivity contribution in [1.82, 2.24) is 4.98 Å². The number of rotatable bonds is 1. The van der Waals surface area contributed by atoms with E-state index in [9.17, 15) is 0 Å². The fourth-order valence-electron chi connectivity index (χ4n) is 1.91. The molecule has 0 aromatic carbocycles. The van der Waals surface area contributed by atoms with Gasteiger partial charge >= 0.3 is 0 Å². The molecule has 2 heterocycles. The fraction of sp³-hybridized carbons (Fsp3) is 0.545. The van der Waals surface area contributed by atoms with Gasteiger partial charge in [-0.25, -0.2) is 4.98 Å². The van der Waals surface area contributed by atoms with Gasteiger partial charge in [0.15, 0.2) is 0 Å². The summed E-state index contributed by atoms with van der Waals surface area (Å²) in [6, 6.07) is 2.27. The summed E-state index contributed by atoms with van der Waals surface area (Å²) in [5.74, 6) is 1.56. The lowest BCUT2D eigenvalue weighted by Crippen LogP contribution is -2.28. The topological polar surface area (TPSA) is 42.2 Å². The Labute approximate surface area is 98.8 Å². The second kappa shape index (κ2) is 4.10. The van der Waals surface area contributed by atoms with Crippen LogP contribution in [0.5, 0.6) is 0 Å². The highest BCUT2D eigenvalue weighted by Crippen LogP contribution is 2.30. The molecule has 0 bridgehead atoms. The zero-order chi connectivity index (χ0) is 11.0. The van der Waals surface area contributed by atoms with E-state index in [1.165, 1.54) is 5.56 Å². The van der Waals surface area contributed by atoms with Crippen molar-refractivity contribution < 1.29 is 0 Å². The molecule has 1 aliphatic rings. The maximum Gasteiger partial charge on any atom is 0.143 e.